The molecule has 0 spiro atoms. The van der Waals surface area contributed by atoms with E-state index >= 15 is 0 Å². The number of nitrogens with one attached hydrogen (secondary N) is 1. The third kappa shape index (κ3) is 3.55. The zero-order valence-electron chi connectivity index (χ0n) is 12.2. The molecule has 0 bridgehead atoms. The van der Waals surface area contributed by atoms with E-state index in [0.29, 0.717) is 11.3 Å². The summed E-state index contributed by atoms with van der Waals surface area (Å²) >= 11 is 0. The van der Waals surface area contributed by atoms with E-state index in [2.05, 4.69) is 4.72 Å². The van der Waals surface area contributed by atoms with Crippen molar-refractivity contribution in [3.8, 4) is 11.5 Å². The molecule has 0 aliphatic rings. The Bertz CT molecular complexity index is 762. The van der Waals surface area contributed by atoms with Gasteiger partial charge in [0.05, 0.1) is 19.1 Å². The van der Waals surface area contributed by atoms with Crippen LogP contribution in [0.3, 0.4) is 0 Å². The Morgan fingerprint density at radius 2 is 1.73 bits per heavy atom. The Morgan fingerprint density at radius 3 is 2.41 bits per heavy atom. The van der Waals surface area contributed by atoms with Gasteiger partial charge in [-0.3, -0.25) is 0 Å². The first kappa shape index (κ1) is 16.3. The first-order valence-corrected chi connectivity index (χ1v) is 7.91. The molecule has 5 nitrogen and oxygen atoms in total. The van der Waals surface area contributed by atoms with Crippen LogP contribution in [0, 0.1) is 5.82 Å². The summed E-state index contributed by atoms with van der Waals surface area (Å²) in [5.74, 6) is -0.159. The lowest BCUT2D eigenvalue weighted by Crippen LogP contribution is -2.23. The van der Waals surface area contributed by atoms with Crippen LogP contribution < -0.4 is 14.2 Å². The van der Waals surface area contributed by atoms with Crippen molar-refractivity contribution in [3.05, 3.63) is 53.8 Å². The van der Waals surface area contributed by atoms with Crippen LogP contribution >= 0.6 is 0 Å². The van der Waals surface area contributed by atoms with Crippen LogP contribution in [0.15, 0.2) is 47.4 Å². The molecule has 0 fully saturated rings. The minimum Gasteiger partial charge on any atom is -0.496 e. The molecule has 0 aliphatic heterocycles. The van der Waals surface area contributed by atoms with E-state index in [9.17, 15) is 12.8 Å². The van der Waals surface area contributed by atoms with Gasteiger partial charge in [0.1, 0.15) is 5.75 Å². The van der Waals surface area contributed by atoms with Gasteiger partial charge < -0.3 is 9.47 Å². The first-order chi connectivity index (χ1) is 10.5. The second kappa shape index (κ2) is 6.76. The van der Waals surface area contributed by atoms with E-state index in [1.807, 2.05) is 0 Å². The molecule has 2 aromatic rings. The fourth-order valence-corrected chi connectivity index (χ4v) is 2.93. The molecule has 0 saturated heterocycles. The SMILES string of the molecule is COc1cc(S(=O)(=O)NCc2ccccc2OC)ccc1F. The zero-order valence-corrected chi connectivity index (χ0v) is 13.0. The number of hydrogen-bond acceptors (Lipinski definition) is 4. The summed E-state index contributed by atoms with van der Waals surface area (Å²) in [5.41, 5.74) is 0.697. The molecule has 0 heterocycles. The lowest BCUT2D eigenvalue weighted by Gasteiger charge is -2.11. The van der Waals surface area contributed by atoms with Crippen LogP contribution in [-0.4, -0.2) is 22.6 Å². The van der Waals surface area contributed by atoms with E-state index in [0.717, 1.165) is 12.1 Å². The molecule has 0 aliphatic carbocycles. The van der Waals surface area contributed by atoms with E-state index < -0.39 is 15.8 Å². The number of para-hydroxylation sites is 1. The lowest BCUT2D eigenvalue weighted by atomic mass is 10.2. The van der Waals surface area contributed by atoms with Crippen molar-refractivity contribution >= 4 is 10.0 Å². The number of halogens is 1. The number of hydrogen-bond donors (Lipinski definition) is 1. The lowest BCUT2D eigenvalue weighted by molar-refractivity contribution is 0.385. The summed E-state index contributed by atoms with van der Waals surface area (Å²) in [5, 5.41) is 0. The van der Waals surface area contributed by atoms with Gasteiger partial charge in [0, 0.05) is 18.2 Å². The van der Waals surface area contributed by atoms with E-state index in [1.165, 1.54) is 20.3 Å². The quantitative estimate of drug-likeness (QED) is 0.885. The molecule has 0 radical (unpaired) electrons. The maximum absolute atomic E-state index is 13.4. The average molecular weight is 325 g/mol. The Morgan fingerprint density at radius 1 is 1.05 bits per heavy atom. The van der Waals surface area contributed by atoms with Crippen molar-refractivity contribution in [3.63, 3.8) is 0 Å². The number of rotatable bonds is 6. The van der Waals surface area contributed by atoms with Gasteiger partial charge in [-0.05, 0) is 18.2 Å². The second-order valence-corrected chi connectivity index (χ2v) is 6.20. The van der Waals surface area contributed by atoms with Gasteiger partial charge in [0.25, 0.3) is 0 Å². The zero-order chi connectivity index (χ0) is 16.2. The van der Waals surface area contributed by atoms with Crippen LogP contribution in [0.25, 0.3) is 0 Å². The summed E-state index contributed by atoms with van der Waals surface area (Å²) in [6.07, 6.45) is 0. The van der Waals surface area contributed by atoms with Gasteiger partial charge in [-0.1, -0.05) is 18.2 Å². The molecule has 2 aromatic carbocycles. The molecule has 1 N–H and O–H groups in total. The maximum Gasteiger partial charge on any atom is 0.241 e. The van der Waals surface area contributed by atoms with Gasteiger partial charge in [0.15, 0.2) is 11.6 Å². The van der Waals surface area contributed by atoms with Crippen molar-refractivity contribution < 1.29 is 22.3 Å². The van der Waals surface area contributed by atoms with Crippen LogP contribution in [0.4, 0.5) is 4.39 Å². The highest BCUT2D eigenvalue weighted by molar-refractivity contribution is 7.89. The summed E-state index contributed by atoms with van der Waals surface area (Å²) in [7, 11) is -0.998. The molecular weight excluding hydrogens is 309 g/mol. The Labute approximate surface area is 128 Å². The topological polar surface area (TPSA) is 64.6 Å². The number of ether oxygens (including phenoxy) is 2. The fourth-order valence-electron chi connectivity index (χ4n) is 1.91. The van der Waals surface area contributed by atoms with Crippen molar-refractivity contribution in [2.45, 2.75) is 11.4 Å². The highest BCUT2D eigenvalue weighted by atomic mass is 32.2. The molecule has 0 amide bonds. The number of methoxy groups -OCH3 is 2. The Kier molecular flexibility index (Phi) is 4.99. The molecule has 0 atom stereocenters. The molecule has 118 valence electrons. The normalized spacial score (nSPS) is 11.2. The minimum atomic E-state index is -3.79. The van der Waals surface area contributed by atoms with Gasteiger partial charge in [-0.25, -0.2) is 17.5 Å². The largest absolute Gasteiger partial charge is 0.496 e. The predicted molar refractivity (Wildman–Crippen MR) is 80.0 cm³/mol. The van der Waals surface area contributed by atoms with Crippen molar-refractivity contribution in [2.75, 3.05) is 14.2 Å². The van der Waals surface area contributed by atoms with E-state index in [-0.39, 0.29) is 17.2 Å². The van der Waals surface area contributed by atoms with Gasteiger partial charge >= 0.3 is 0 Å². The Hall–Kier alpha value is -2.12. The molecule has 2 rings (SSSR count). The highest BCUT2D eigenvalue weighted by Crippen LogP contribution is 2.22. The van der Waals surface area contributed by atoms with Gasteiger partial charge in [-0.2, -0.15) is 0 Å². The third-order valence-electron chi connectivity index (χ3n) is 3.08. The minimum absolute atomic E-state index is 0.0615. The first-order valence-electron chi connectivity index (χ1n) is 6.43. The molecule has 0 aromatic heterocycles. The molecule has 22 heavy (non-hydrogen) atoms. The van der Waals surface area contributed by atoms with Crippen molar-refractivity contribution in [2.24, 2.45) is 0 Å². The van der Waals surface area contributed by atoms with Crippen LogP contribution in [0.1, 0.15) is 5.56 Å². The second-order valence-electron chi connectivity index (χ2n) is 4.43. The van der Waals surface area contributed by atoms with Crippen molar-refractivity contribution in [1.82, 2.24) is 4.72 Å². The number of sulfonamides is 1. The average Bonchev–Trinajstić information content (AvgIpc) is 2.53. The maximum atomic E-state index is 13.4. The van der Waals surface area contributed by atoms with Gasteiger partial charge in [-0.15, -0.1) is 0 Å². The van der Waals surface area contributed by atoms with Crippen molar-refractivity contribution in [1.29, 1.82) is 0 Å². The Balaban J connectivity index is 2.21. The highest BCUT2D eigenvalue weighted by Gasteiger charge is 2.17. The summed E-state index contributed by atoms with van der Waals surface area (Å²) in [6, 6.07) is 10.4. The smallest absolute Gasteiger partial charge is 0.241 e. The monoisotopic (exact) mass is 325 g/mol. The van der Waals surface area contributed by atoms with E-state index in [4.69, 9.17) is 9.47 Å². The predicted octanol–water partition coefficient (Wildman–Crippen LogP) is 2.32. The molecule has 0 unspecified atom stereocenters. The molecule has 0 saturated carbocycles. The van der Waals surface area contributed by atoms with E-state index in [1.54, 1.807) is 24.3 Å². The van der Waals surface area contributed by atoms with Crippen LogP contribution in [-0.2, 0) is 16.6 Å². The summed E-state index contributed by atoms with van der Waals surface area (Å²) in [4.78, 5) is -0.0688. The van der Waals surface area contributed by atoms with Crippen LogP contribution in [0.5, 0.6) is 11.5 Å². The summed E-state index contributed by atoms with van der Waals surface area (Å²) < 4.78 is 50.3. The third-order valence-corrected chi connectivity index (χ3v) is 4.48. The molecular formula is C15H16FNO4S. The molecule has 7 heteroatoms. The standard InChI is InChI=1S/C15H16FNO4S/c1-20-14-6-4-3-5-11(14)10-17-22(18,19)12-7-8-13(16)15(9-12)21-2/h3-9,17H,10H2,1-2H3. The van der Waals surface area contributed by atoms with Crippen LogP contribution in [0.2, 0.25) is 0 Å². The summed E-state index contributed by atoms with van der Waals surface area (Å²) in [6.45, 7) is 0.0615. The van der Waals surface area contributed by atoms with Gasteiger partial charge in [0.2, 0.25) is 10.0 Å². The fraction of sp³-hybridized carbons (Fsp3) is 0.200. The number of benzene rings is 2.